The van der Waals surface area contributed by atoms with Crippen LogP contribution in [-0.4, -0.2) is 35.1 Å². The molecule has 0 aliphatic carbocycles. The van der Waals surface area contributed by atoms with E-state index in [1.165, 1.54) is 17.3 Å². The Morgan fingerprint density at radius 3 is 2.57 bits per heavy atom. The summed E-state index contributed by atoms with van der Waals surface area (Å²) in [5, 5.41) is 5.78. The van der Waals surface area contributed by atoms with Crippen LogP contribution in [-0.2, 0) is 17.9 Å². The summed E-state index contributed by atoms with van der Waals surface area (Å²) in [5.41, 5.74) is 3.62. The second-order valence-corrected chi connectivity index (χ2v) is 8.26. The highest BCUT2D eigenvalue weighted by Crippen LogP contribution is 2.35. The van der Waals surface area contributed by atoms with Gasteiger partial charge in [-0.25, -0.2) is 0 Å². The molecule has 1 heterocycles. The molecule has 5 nitrogen and oxygen atoms in total. The molecule has 0 radical (unpaired) electrons. The summed E-state index contributed by atoms with van der Waals surface area (Å²) in [6.45, 7) is 9.52. The molecule has 0 bridgehead atoms. The highest BCUT2D eigenvalue weighted by Gasteiger charge is 2.23. The Morgan fingerprint density at radius 2 is 1.86 bits per heavy atom. The number of amides is 2. The molecular formula is C22H27N3O2S. The molecule has 2 N–H and O–H groups in total. The van der Waals surface area contributed by atoms with Crippen molar-refractivity contribution in [2.45, 2.75) is 44.0 Å². The summed E-state index contributed by atoms with van der Waals surface area (Å²) in [4.78, 5) is 27.9. The Balaban J connectivity index is 1.68. The first-order chi connectivity index (χ1) is 13.5. The van der Waals surface area contributed by atoms with Crippen LogP contribution in [0.15, 0.2) is 47.4 Å². The number of benzene rings is 2. The lowest BCUT2D eigenvalue weighted by molar-refractivity contribution is -0.115. The number of hydrogen-bond acceptors (Lipinski definition) is 4. The molecule has 148 valence electrons. The molecule has 0 unspecified atom stereocenters. The van der Waals surface area contributed by atoms with E-state index >= 15 is 0 Å². The number of hydrogen-bond donors (Lipinski definition) is 2. The highest BCUT2D eigenvalue weighted by atomic mass is 32.2. The van der Waals surface area contributed by atoms with Crippen LogP contribution in [0.5, 0.6) is 0 Å². The minimum Gasteiger partial charge on any atom is -0.348 e. The number of fused-ring (bicyclic) bond motifs is 1. The molecule has 0 spiro atoms. The fraction of sp³-hybridized carbons (Fsp3) is 0.364. The first-order valence-electron chi connectivity index (χ1n) is 9.70. The lowest BCUT2D eigenvalue weighted by atomic mass is 10.1. The number of nitrogens with one attached hydrogen (secondary N) is 2. The number of carbonyl (C=O) groups is 2. The van der Waals surface area contributed by atoms with Crippen molar-refractivity contribution in [1.82, 2.24) is 10.2 Å². The third-order valence-corrected chi connectivity index (χ3v) is 6.20. The van der Waals surface area contributed by atoms with Gasteiger partial charge in [-0.3, -0.25) is 14.5 Å². The van der Waals surface area contributed by atoms with E-state index in [9.17, 15) is 9.59 Å². The number of rotatable bonds is 7. The Hall–Kier alpha value is -2.31. The molecule has 1 aliphatic rings. The van der Waals surface area contributed by atoms with Gasteiger partial charge in [-0.2, -0.15) is 0 Å². The number of thioether (sulfide) groups is 1. The fourth-order valence-corrected chi connectivity index (χ4v) is 4.13. The molecule has 0 saturated heterocycles. The molecule has 1 atom stereocenters. The maximum atomic E-state index is 12.7. The molecular weight excluding hydrogens is 370 g/mol. The summed E-state index contributed by atoms with van der Waals surface area (Å²) in [6, 6.07) is 13.7. The number of carbonyl (C=O) groups excluding carboxylic acids is 2. The first-order valence-corrected chi connectivity index (χ1v) is 10.6. The van der Waals surface area contributed by atoms with E-state index in [0.717, 1.165) is 30.1 Å². The van der Waals surface area contributed by atoms with Gasteiger partial charge < -0.3 is 10.6 Å². The molecule has 2 aromatic carbocycles. The minimum atomic E-state index is -0.140. The normalized spacial score (nSPS) is 15.9. The lowest BCUT2D eigenvalue weighted by Crippen LogP contribution is -2.28. The largest absolute Gasteiger partial charge is 0.348 e. The standard InChI is InChI=1S/C22H27N3O2S/c1-4-25(5-2)14-18-9-7-6-8-17(18)13-23-22(27)16-10-11-20-19(12-16)24-21(26)15(3)28-20/h6-12,15H,4-5,13-14H2,1-3H3,(H,23,27)(H,24,26)/t15-/m1/s1. The van der Waals surface area contributed by atoms with Gasteiger partial charge in [0, 0.05) is 23.5 Å². The average molecular weight is 398 g/mol. The quantitative estimate of drug-likeness (QED) is 0.744. The van der Waals surface area contributed by atoms with Crippen LogP contribution in [0.1, 0.15) is 42.3 Å². The van der Waals surface area contributed by atoms with Crippen molar-refractivity contribution in [2.75, 3.05) is 18.4 Å². The van der Waals surface area contributed by atoms with Crippen LogP contribution < -0.4 is 10.6 Å². The van der Waals surface area contributed by atoms with E-state index in [0.29, 0.717) is 17.8 Å². The summed E-state index contributed by atoms with van der Waals surface area (Å²) in [7, 11) is 0. The highest BCUT2D eigenvalue weighted by molar-refractivity contribution is 8.00. The molecule has 0 fully saturated rings. The topological polar surface area (TPSA) is 61.4 Å². The minimum absolute atomic E-state index is 0.0274. The van der Waals surface area contributed by atoms with Gasteiger partial charge in [0.05, 0.1) is 10.9 Å². The van der Waals surface area contributed by atoms with Gasteiger partial charge in [-0.15, -0.1) is 11.8 Å². The molecule has 2 amide bonds. The van der Waals surface area contributed by atoms with Crippen LogP contribution >= 0.6 is 11.8 Å². The second-order valence-electron chi connectivity index (χ2n) is 6.87. The Kier molecular flexibility index (Phi) is 6.75. The van der Waals surface area contributed by atoms with Crippen molar-refractivity contribution in [3.05, 3.63) is 59.2 Å². The predicted octanol–water partition coefficient (Wildman–Crippen LogP) is 3.89. The smallest absolute Gasteiger partial charge is 0.251 e. The molecule has 3 rings (SSSR count). The Morgan fingerprint density at radius 1 is 1.14 bits per heavy atom. The second kappa shape index (κ2) is 9.26. The number of nitrogens with zero attached hydrogens (tertiary/aromatic N) is 1. The Bertz CT molecular complexity index is 865. The zero-order valence-electron chi connectivity index (χ0n) is 16.6. The van der Waals surface area contributed by atoms with Crippen molar-refractivity contribution in [2.24, 2.45) is 0 Å². The van der Waals surface area contributed by atoms with E-state index in [2.05, 4.69) is 41.5 Å². The molecule has 0 aromatic heterocycles. The third-order valence-electron chi connectivity index (χ3n) is 5.02. The van der Waals surface area contributed by atoms with Crippen molar-refractivity contribution in [3.8, 4) is 0 Å². The van der Waals surface area contributed by atoms with E-state index in [4.69, 9.17) is 0 Å². The maximum absolute atomic E-state index is 12.7. The summed E-state index contributed by atoms with van der Waals surface area (Å²) >= 11 is 1.51. The van der Waals surface area contributed by atoms with Crippen LogP contribution in [0.25, 0.3) is 0 Å². The van der Waals surface area contributed by atoms with Crippen LogP contribution in [0.4, 0.5) is 5.69 Å². The van der Waals surface area contributed by atoms with Gasteiger partial charge in [-0.05, 0) is 49.3 Å². The van der Waals surface area contributed by atoms with Gasteiger partial charge in [0.25, 0.3) is 5.91 Å². The molecule has 0 saturated carbocycles. The maximum Gasteiger partial charge on any atom is 0.251 e. The fourth-order valence-electron chi connectivity index (χ4n) is 3.20. The van der Waals surface area contributed by atoms with Gasteiger partial charge >= 0.3 is 0 Å². The van der Waals surface area contributed by atoms with E-state index in [1.807, 2.05) is 31.2 Å². The van der Waals surface area contributed by atoms with Crippen LogP contribution in [0, 0.1) is 0 Å². The van der Waals surface area contributed by atoms with Crippen LogP contribution in [0.2, 0.25) is 0 Å². The van der Waals surface area contributed by atoms with Gasteiger partial charge in [-0.1, -0.05) is 38.1 Å². The molecule has 6 heteroatoms. The van der Waals surface area contributed by atoms with Gasteiger partial charge in [0.1, 0.15) is 0 Å². The zero-order chi connectivity index (χ0) is 20.1. The van der Waals surface area contributed by atoms with E-state index in [-0.39, 0.29) is 17.1 Å². The Labute approximate surface area is 170 Å². The van der Waals surface area contributed by atoms with Gasteiger partial charge in [0.2, 0.25) is 5.91 Å². The summed E-state index contributed by atoms with van der Waals surface area (Å²) in [5.74, 6) is -0.168. The van der Waals surface area contributed by atoms with Gasteiger partial charge in [0.15, 0.2) is 0 Å². The van der Waals surface area contributed by atoms with Crippen LogP contribution in [0.3, 0.4) is 0 Å². The SMILES string of the molecule is CCN(CC)Cc1ccccc1CNC(=O)c1ccc2c(c1)NC(=O)[C@@H](C)S2. The molecule has 1 aliphatic heterocycles. The van der Waals surface area contributed by atoms with Crippen molar-refractivity contribution >= 4 is 29.3 Å². The molecule has 2 aromatic rings. The summed E-state index contributed by atoms with van der Waals surface area (Å²) in [6.07, 6.45) is 0. The van der Waals surface area contributed by atoms with Crippen molar-refractivity contribution in [3.63, 3.8) is 0 Å². The van der Waals surface area contributed by atoms with E-state index in [1.54, 1.807) is 6.07 Å². The lowest BCUT2D eigenvalue weighted by Gasteiger charge is -2.22. The van der Waals surface area contributed by atoms with Crippen molar-refractivity contribution < 1.29 is 9.59 Å². The average Bonchev–Trinajstić information content (AvgIpc) is 2.71. The summed E-state index contributed by atoms with van der Waals surface area (Å²) < 4.78 is 0. The van der Waals surface area contributed by atoms with Crippen molar-refractivity contribution in [1.29, 1.82) is 0 Å². The van der Waals surface area contributed by atoms with E-state index < -0.39 is 0 Å². The number of anilines is 1. The third kappa shape index (κ3) is 4.75. The molecule has 28 heavy (non-hydrogen) atoms. The zero-order valence-corrected chi connectivity index (χ0v) is 17.4. The monoisotopic (exact) mass is 397 g/mol. The first kappa shape index (κ1) is 20.4. The predicted molar refractivity (Wildman–Crippen MR) is 115 cm³/mol.